The van der Waals surface area contributed by atoms with Crippen LogP contribution >= 0.6 is 11.3 Å². The highest BCUT2D eigenvalue weighted by atomic mass is 32.1. The molecule has 2 N–H and O–H groups in total. The Bertz CT molecular complexity index is 902. The second-order valence-electron chi connectivity index (χ2n) is 8.56. The van der Waals surface area contributed by atoms with E-state index in [1.54, 1.807) is 5.32 Å². The number of esters is 1. The van der Waals surface area contributed by atoms with Crippen molar-refractivity contribution in [1.82, 2.24) is 5.32 Å². The predicted molar refractivity (Wildman–Crippen MR) is 113 cm³/mol. The number of thiophene rings is 1. The largest absolute Gasteiger partial charge is 0.463 e. The third kappa shape index (κ3) is 5.11. The number of hydrogen-bond acceptors (Lipinski definition) is 7. The van der Waals surface area contributed by atoms with Crippen LogP contribution in [-0.4, -0.2) is 37.1 Å². The molecule has 0 bridgehead atoms. The molecule has 1 aliphatic carbocycles. The van der Waals surface area contributed by atoms with Crippen molar-refractivity contribution in [1.29, 1.82) is 5.26 Å². The predicted octanol–water partition coefficient (Wildman–Crippen LogP) is 4.75. The van der Waals surface area contributed by atoms with Gasteiger partial charge < -0.3 is 14.8 Å². The zero-order valence-corrected chi connectivity index (χ0v) is 19.6. The van der Waals surface area contributed by atoms with Crippen molar-refractivity contribution >= 4 is 28.4 Å². The van der Waals surface area contributed by atoms with Gasteiger partial charge in [-0.05, 0) is 50.0 Å². The van der Waals surface area contributed by atoms with E-state index in [-0.39, 0.29) is 29.2 Å². The second-order valence-corrected chi connectivity index (χ2v) is 9.67. The average molecular weight is 476 g/mol. The molecule has 1 amide bonds. The Labute approximate surface area is 189 Å². The maximum Gasteiger partial charge on any atom is 0.442 e. The van der Waals surface area contributed by atoms with E-state index < -0.39 is 23.9 Å². The summed E-state index contributed by atoms with van der Waals surface area (Å²) in [5, 5.41) is 13.3. The van der Waals surface area contributed by atoms with Crippen LogP contribution in [0.1, 0.15) is 57.0 Å². The molecular formula is C21H28F3N3O4S. The standard InChI is InChI=1S/C21H28F3N3O4S/c1-6-30-17(28)20(21(22,23)24,27-18(29)31-7-2)26-16-14(11-25)13-9-8-12(19(3,4)5)10-15(13)32-16/h12,26H,6-10H2,1-5H3,(H,27,29)/t12-,20-/m1/s1. The molecule has 0 spiro atoms. The van der Waals surface area contributed by atoms with Crippen LogP contribution in [0.5, 0.6) is 0 Å². The summed E-state index contributed by atoms with van der Waals surface area (Å²) in [7, 11) is 0. The molecule has 0 fully saturated rings. The molecule has 2 atom stereocenters. The summed E-state index contributed by atoms with van der Waals surface area (Å²) in [5.41, 5.74) is -2.90. The molecule has 11 heteroatoms. The maximum atomic E-state index is 14.3. The molecular weight excluding hydrogens is 447 g/mol. The van der Waals surface area contributed by atoms with Crippen molar-refractivity contribution in [2.24, 2.45) is 11.3 Å². The number of hydrogen-bond donors (Lipinski definition) is 2. The number of halogens is 3. The summed E-state index contributed by atoms with van der Waals surface area (Å²) < 4.78 is 52.0. The number of ether oxygens (including phenoxy) is 2. The summed E-state index contributed by atoms with van der Waals surface area (Å²) in [5.74, 6) is -1.45. The van der Waals surface area contributed by atoms with Crippen LogP contribution in [0.15, 0.2) is 0 Å². The number of amides is 1. The van der Waals surface area contributed by atoms with Gasteiger partial charge in [-0.1, -0.05) is 20.8 Å². The van der Waals surface area contributed by atoms with Crippen LogP contribution in [-0.2, 0) is 27.1 Å². The van der Waals surface area contributed by atoms with Gasteiger partial charge in [-0.15, -0.1) is 11.3 Å². The molecule has 32 heavy (non-hydrogen) atoms. The Morgan fingerprint density at radius 1 is 1.19 bits per heavy atom. The Kier molecular flexibility index (Phi) is 7.71. The van der Waals surface area contributed by atoms with Crippen LogP contribution in [0.3, 0.4) is 0 Å². The molecule has 1 aromatic rings. The molecule has 0 saturated heterocycles. The zero-order chi connectivity index (χ0) is 24.3. The quantitative estimate of drug-likeness (QED) is 0.455. The molecule has 0 aliphatic heterocycles. The van der Waals surface area contributed by atoms with Gasteiger partial charge in [0.1, 0.15) is 11.1 Å². The van der Waals surface area contributed by atoms with Crippen LogP contribution in [0.4, 0.5) is 23.0 Å². The summed E-state index contributed by atoms with van der Waals surface area (Å²) in [6.45, 7) is 8.51. The first-order chi connectivity index (χ1) is 14.8. The summed E-state index contributed by atoms with van der Waals surface area (Å²) in [6, 6.07) is 1.97. The fraction of sp³-hybridized carbons (Fsp3) is 0.667. The summed E-state index contributed by atoms with van der Waals surface area (Å²) in [6.07, 6.45) is -4.79. The van der Waals surface area contributed by atoms with E-state index in [9.17, 15) is 28.0 Å². The first kappa shape index (κ1) is 25.8. The molecule has 1 aliphatic rings. The lowest BCUT2D eigenvalue weighted by atomic mass is 9.72. The lowest BCUT2D eigenvalue weighted by Crippen LogP contribution is -2.69. The van der Waals surface area contributed by atoms with Gasteiger partial charge in [-0.2, -0.15) is 18.4 Å². The van der Waals surface area contributed by atoms with Gasteiger partial charge in [0, 0.05) is 4.88 Å². The van der Waals surface area contributed by atoms with E-state index in [4.69, 9.17) is 0 Å². The SMILES string of the molecule is CCOC(=O)N[C@](Nc1sc2c(c1C#N)CC[C@@H](C(C)(C)C)C2)(C(=O)OCC)C(F)(F)F. The minimum atomic E-state index is -5.29. The normalized spacial score (nSPS) is 18.0. The van der Waals surface area contributed by atoms with E-state index in [2.05, 4.69) is 35.6 Å². The molecule has 7 nitrogen and oxygen atoms in total. The first-order valence-corrected chi connectivity index (χ1v) is 11.1. The van der Waals surface area contributed by atoms with E-state index >= 15 is 0 Å². The molecule has 2 rings (SSSR count). The number of anilines is 1. The maximum absolute atomic E-state index is 14.3. The van der Waals surface area contributed by atoms with E-state index in [1.807, 2.05) is 6.07 Å². The number of fused-ring (bicyclic) bond motifs is 1. The minimum Gasteiger partial charge on any atom is -0.463 e. The Morgan fingerprint density at radius 3 is 2.31 bits per heavy atom. The van der Waals surface area contributed by atoms with Crippen LogP contribution in [0.25, 0.3) is 0 Å². The molecule has 0 aromatic carbocycles. The number of nitrogens with one attached hydrogen (secondary N) is 2. The summed E-state index contributed by atoms with van der Waals surface area (Å²) in [4.78, 5) is 25.3. The third-order valence-electron chi connectivity index (χ3n) is 5.47. The number of alkyl carbamates (subject to hydrolysis) is 1. The van der Waals surface area contributed by atoms with Gasteiger partial charge >= 0.3 is 23.9 Å². The Hall–Kier alpha value is -2.48. The monoisotopic (exact) mass is 475 g/mol. The van der Waals surface area contributed by atoms with Gasteiger partial charge in [-0.25, -0.2) is 9.59 Å². The number of carbonyl (C=O) groups excluding carboxylic acids is 2. The van der Waals surface area contributed by atoms with Crippen LogP contribution < -0.4 is 10.6 Å². The number of alkyl halides is 3. The van der Waals surface area contributed by atoms with Crippen molar-refractivity contribution in [3.63, 3.8) is 0 Å². The van der Waals surface area contributed by atoms with Crippen molar-refractivity contribution < 1.29 is 32.2 Å². The van der Waals surface area contributed by atoms with Gasteiger partial charge in [0.05, 0.1) is 18.8 Å². The van der Waals surface area contributed by atoms with Crippen molar-refractivity contribution in [3.8, 4) is 6.07 Å². The summed E-state index contributed by atoms with van der Waals surface area (Å²) >= 11 is 0.992. The molecule has 178 valence electrons. The lowest BCUT2D eigenvalue weighted by molar-refractivity contribution is -0.205. The molecule has 0 saturated carbocycles. The van der Waals surface area contributed by atoms with E-state index in [0.717, 1.165) is 22.6 Å². The fourth-order valence-corrected chi connectivity index (χ4v) is 4.99. The topological polar surface area (TPSA) is 100 Å². The third-order valence-corrected chi connectivity index (χ3v) is 6.64. The van der Waals surface area contributed by atoms with E-state index in [0.29, 0.717) is 24.3 Å². The van der Waals surface area contributed by atoms with Crippen LogP contribution in [0.2, 0.25) is 0 Å². The average Bonchev–Trinajstić information content (AvgIpc) is 3.02. The Balaban J connectivity index is 2.56. The number of nitriles is 1. The molecule has 1 heterocycles. The first-order valence-electron chi connectivity index (χ1n) is 10.3. The highest BCUT2D eigenvalue weighted by molar-refractivity contribution is 7.16. The minimum absolute atomic E-state index is 0.00575. The second kappa shape index (κ2) is 9.57. The van der Waals surface area contributed by atoms with Crippen molar-refractivity contribution in [2.45, 2.75) is 65.7 Å². The van der Waals surface area contributed by atoms with Gasteiger partial charge in [0.15, 0.2) is 0 Å². The lowest BCUT2D eigenvalue weighted by Gasteiger charge is -2.34. The number of nitrogens with zero attached hydrogens (tertiary/aromatic N) is 1. The highest BCUT2D eigenvalue weighted by Gasteiger charge is 2.64. The van der Waals surface area contributed by atoms with Gasteiger partial charge in [0.2, 0.25) is 0 Å². The van der Waals surface area contributed by atoms with E-state index in [1.165, 1.54) is 13.8 Å². The zero-order valence-electron chi connectivity index (χ0n) is 18.7. The molecule has 1 aromatic heterocycles. The van der Waals surface area contributed by atoms with Crippen molar-refractivity contribution in [2.75, 3.05) is 18.5 Å². The van der Waals surface area contributed by atoms with Crippen LogP contribution in [0, 0.1) is 22.7 Å². The van der Waals surface area contributed by atoms with Gasteiger partial charge in [0.25, 0.3) is 0 Å². The smallest absolute Gasteiger partial charge is 0.442 e. The number of carbonyl (C=O) groups is 2. The number of rotatable bonds is 6. The van der Waals surface area contributed by atoms with Crippen molar-refractivity contribution in [3.05, 3.63) is 16.0 Å². The molecule has 0 unspecified atom stereocenters. The fourth-order valence-electron chi connectivity index (χ4n) is 3.65. The molecule has 0 radical (unpaired) electrons. The van der Waals surface area contributed by atoms with Gasteiger partial charge in [-0.3, -0.25) is 5.32 Å². The highest BCUT2D eigenvalue weighted by Crippen LogP contribution is 2.45. The Morgan fingerprint density at radius 2 is 1.81 bits per heavy atom.